The fraction of sp³-hybridized carbons (Fsp3) is 0.692. The number of rotatable bonds is 7. The molecule has 0 fully saturated rings. The van der Waals surface area contributed by atoms with E-state index in [0.29, 0.717) is 6.04 Å². The molecule has 1 heterocycles. The average Bonchev–Trinajstić information content (AvgIpc) is 2.34. The van der Waals surface area contributed by atoms with E-state index < -0.39 is 0 Å². The molecule has 0 unspecified atom stereocenters. The van der Waals surface area contributed by atoms with Crippen LogP contribution in [-0.2, 0) is 0 Å². The molecule has 18 heavy (non-hydrogen) atoms. The molecule has 0 atom stereocenters. The molecule has 0 saturated heterocycles. The van der Waals surface area contributed by atoms with Crippen LogP contribution in [0.25, 0.3) is 0 Å². The minimum atomic E-state index is 0.601. The molecule has 1 N–H and O–H groups in total. The minimum Gasteiger partial charge on any atom is -0.370 e. The lowest BCUT2D eigenvalue weighted by Gasteiger charge is -2.20. The van der Waals surface area contributed by atoms with Gasteiger partial charge in [0.2, 0.25) is 5.95 Å². The van der Waals surface area contributed by atoms with Crippen molar-refractivity contribution in [3.63, 3.8) is 0 Å². The molecule has 0 saturated carbocycles. The van der Waals surface area contributed by atoms with Gasteiger partial charge in [0.05, 0.1) is 0 Å². The third-order valence-electron chi connectivity index (χ3n) is 2.92. The van der Waals surface area contributed by atoms with E-state index in [-0.39, 0.29) is 0 Å². The van der Waals surface area contributed by atoms with Gasteiger partial charge in [-0.1, -0.05) is 0 Å². The summed E-state index contributed by atoms with van der Waals surface area (Å²) in [7, 11) is 6.03. The van der Waals surface area contributed by atoms with Crippen LogP contribution in [0.3, 0.4) is 0 Å². The van der Waals surface area contributed by atoms with Crippen molar-refractivity contribution in [1.29, 1.82) is 0 Å². The molecule has 1 aromatic rings. The second-order valence-corrected chi connectivity index (χ2v) is 4.99. The smallest absolute Gasteiger partial charge is 0.226 e. The molecular formula is C13H25N5. The zero-order valence-corrected chi connectivity index (χ0v) is 12.1. The topological polar surface area (TPSA) is 44.3 Å². The van der Waals surface area contributed by atoms with Gasteiger partial charge in [-0.05, 0) is 39.9 Å². The molecule has 5 heteroatoms. The first kappa shape index (κ1) is 14.7. The van der Waals surface area contributed by atoms with Crippen LogP contribution in [0, 0.1) is 0 Å². The summed E-state index contributed by atoms with van der Waals surface area (Å²) in [6.45, 7) is 6.44. The second kappa shape index (κ2) is 7.16. The minimum absolute atomic E-state index is 0.601. The van der Waals surface area contributed by atoms with Crippen LogP contribution >= 0.6 is 0 Å². The fourth-order valence-corrected chi connectivity index (χ4v) is 1.47. The van der Waals surface area contributed by atoms with E-state index in [2.05, 4.69) is 41.1 Å². The summed E-state index contributed by atoms with van der Waals surface area (Å²) in [6, 6.07) is 2.50. The molecule has 5 nitrogen and oxygen atoms in total. The summed E-state index contributed by atoms with van der Waals surface area (Å²) < 4.78 is 0. The molecule has 0 spiro atoms. The number of nitrogens with zero attached hydrogens (tertiary/aromatic N) is 4. The van der Waals surface area contributed by atoms with Crippen LogP contribution in [0.2, 0.25) is 0 Å². The van der Waals surface area contributed by atoms with Gasteiger partial charge >= 0.3 is 0 Å². The standard InChI is InChI=1S/C13H25N5/c1-11(2)18(5)10-6-8-14-12-7-9-15-13(16-12)17(3)4/h7,9,11H,6,8,10H2,1-5H3,(H,14,15,16). The van der Waals surface area contributed by atoms with Gasteiger partial charge in [-0.15, -0.1) is 0 Å². The first-order chi connectivity index (χ1) is 8.50. The number of nitrogens with one attached hydrogen (secondary N) is 1. The quantitative estimate of drug-likeness (QED) is 0.747. The van der Waals surface area contributed by atoms with Gasteiger partial charge in [-0.2, -0.15) is 4.98 Å². The van der Waals surface area contributed by atoms with Crippen molar-refractivity contribution in [3.8, 4) is 0 Å². The SMILES string of the molecule is CC(C)N(C)CCCNc1ccnc(N(C)C)n1. The molecular weight excluding hydrogens is 226 g/mol. The Bertz CT molecular complexity index is 351. The Morgan fingerprint density at radius 1 is 1.28 bits per heavy atom. The second-order valence-electron chi connectivity index (χ2n) is 4.99. The maximum Gasteiger partial charge on any atom is 0.226 e. The van der Waals surface area contributed by atoms with Crippen molar-refractivity contribution in [2.24, 2.45) is 0 Å². The maximum absolute atomic E-state index is 4.41. The van der Waals surface area contributed by atoms with Crippen molar-refractivity contribution < 1.29 is 0 Å². The molecule has 102 valence electrons. The summed E-state index contributed by atoms with van der Waals surface area (Å²) in [5, 5.41) is 3.33. The molecule has 1 aromatic heterocycles. The number of hydrogen-bond acceptors (Lipinski definition) is 5. The van der Waals surface area contributed by atoms with Crippen molar-refractivity contribution in [1.82, 2.24) is 14.9 Å². The zero-order valence-electron chi connectivity index (χ0n) is 12.1. The molecule has 0 aliphatic heterocycles. The summed E-state index contributed by atoms with van der Waals surface area (Å²) in [4.78, 5) is 12.8. The van der Waals surface area contributed by atoms with E-state index >= 15 is 0 Å². The van der Waals surface area contributed by atoms with Gasteiger partial charge in [0.25, 0.3) is 0 Å². The number of anilines is 2. The van der Waals surface area contributed by atoms with Gasteiger partial charge in [0, 0.05) is 32.9 Å². The highest BCUT2D eigenvalue weighted by atomic mass is 15.2. The highest BCUT2D eigenvalue weighted by Gasteiger charge is 2.03. The van der Waals surface area contributed by atoms with E-state index in [0.717, 1.165) is 31.3 Å². The predicted octanol–water partition coefficient (Wildman–Crippen LogP) is 1.68. The van der Waals surface area contributed by atoms with Crippen molar-refractivity contribution in [2.75, 3.05) is 44.4 Å². The van der Waals surface area contributed by atoms with Crippen molar-refractivity contribution in [3.05, 3.63) is 12.3 Å². The molecule has 1 rings (SSSR count). The molecule has 0 radical (unpaired) electrons. The lowest BCUT2D eigenvalue weighted by molar-refractivity contribution is 0.273. The Balaban J connectivity index is 2.33. The molecule has 0 aromatic carbocycles. The molecule has 0 amide bonds. The van der Waals surface area contributed by atoms with Crippen LogP contribution in [-0.4, -0.2) is 55.1 Å². The largest absolute Gasteiger partial charge is 0.370 e. The van der Waals surface area contributed by atoms with E-state index in [1.165, 1.54) is 0 Å². The highest BCUT2D eigenvalue weighted by molar-refractivity contribution is 5.40. The highest BCUT2D eigenvalue weighted by Crippen LogP contribution is 2.07. The predicted molar refractivity (Wildman–Crippen MR) is 77.2 cm³/mol. The third-order valence-corrected chi connectivity index (χ3v) is 2.92. The van der Waals surface area contributed by atoms with Crippen molar-refractivity contribution in [2.45, 2.75) is 26.3 Å². The molecule has 0 aliphatic carbocycles. The monoisotopic (exact) mass is 251 g/mol. The van der Waals surface area contributed by atoms with E-state index in [1.54, 1.807) is 6.20 Å². The summed E-state index contributed by atoms with van der Waals surface area (Å²) in [5.74, 6) is 1.63. The first-order valence-corrected chi connectivity index (χ1v) is 6.45. The Morgan fingerprint density at radius 2 is 2.00 bits per heavy atom. The molecule has 0 bridgehead atoms. The van der Waals surface area contributed by atoms with Gasteiger partial charge in [0.1, 0.15) is 5.82 Å². The Morgan fingerprint density at radius 3 is 2.61 bits per heavy atom. The van der Waals surface area contributed by atoms with Crippen LogP contribution in [0.4, 0.5) is 11.8 Å². The van der Waals surface area contributed by atoms with Crippen LogP contribution in [0.15, 0.2) is 12.3 Å². The summed E-state index contributed by atoms with van der Waals surface area (Å²) in [5.41, 5.74) is 0. The Hall–Kier alpha value is -1.36. The maximum atomic E-state index is 4.41. The van der Waals surface area contributed by atoms with Gasteiger partial charge < -0.3 is 15.1 Å². The molecule has 0 aliphatic rings. The van der Waals surface area contributed by atoms with E-state index in [1.807, 2.05) is 25.1 Å². The fourth-order valence-electron chi connectivity index (χ4n) is 1.47. The lowest BCUT2D eigenvalue weighted by atomic mass is 10.3. The van der Waals surface area contributed by atoms with Gasteiger partial charge in [0.15, 0.2) is 0 Å². The lowest BCUT2D eigenvalue weighted by Crippen LogP contribution is -2.28. The van der Waals surface area contributed by atoms with Crippen molar-refractivity contribution >= 4 is 11.8 Å². The van der Waals surface area contributed by atoms with Gasteiger partial charge in [-0.25, -0.2) is 4.98 Å². The zero-order chi connectivity index (χ0) is 13.5. The third kappa shape index (κ3) is 4.87. The summed E-state index contributed by atoms with van der Waals surface area (Å²) >= 11 is 0. The van der Waals surface area contributed by atoms with Gasteiger partial charge in [-0.3, -0.25) is 0 Å². The van der Waals surface area contributed by atoms with Crippen LogP contribution < -0.4 is 10.2 Å². The summed E-state index contributed by atoms with van der Waals surface area (Å²) in [6.07, 6.45) is 2.89. The van der Waals surface area contributed by atoms with E-state index in [4.69, 9.17) is 0 Å². The first-order valence-electron chi connectivity index (χ1n) is 6.45. The van der Waals surface area contributed by atoms with E-state index in [9.17, 15) is 0 Å². The van der Waals surface area contributed by atoms with Crippen LogP contribution in [0.1, 0.15) is 20.3 Å². The Kier molecular flexibility index (Phi) is 5.85. The normalized spacial score (nSPS) is 11.1. The number of aromatic nitrogens is 2. The average molecular weight is 251 g/mol. The van der Waals surface area contributed by atoms with Crippen LogP contribution in [0.5, 0.6) is 0 Å². The number of hydrogen-bond donors (Lipinski definition) is 1. The Labute approximate surface area is 110 Å².